The molecule has 2 N–H and O–H groups in total. The van der Waals surface area contributed by atoms with Gasteiger partial charge in [-0.3, -0.25) is 0 Å². The normalized spacial score (nSPS) is 10.5. The van der Waals surface area contributed by atoms with Crippen molar-refractivity contribution in [1.82, 2.24) is 0 Å². The molecular formula is C15H17NO4. The van der Waals surface area contributed by atoms with Crippen molar-refractivity contribution >= 4 is 11.7 Å². The summed E-state index contributed by atoms with van der Waals surface area (Å²) in [5.41, 5.74) is 1.71. The zero-order valence-corrected chi connectivity index (χ0v) is 11.5. The molecule has 0 unspecified atom stereocenters. The Hall–Kier alpha value is -2.43. The van der Waals surface area contributed by atoms with E-state index in [4.69, 9.17) is 9.52 Å². The van der Waals surface area contributed by atoms with E-state index in [-0.39, 0.29) is 11.5 Å². The van der Waals surface area contributed by atoms with Gasteiger partial charge in [0.15, 0.2) is 0 Å². The maximum Gasteiger partial charge on any atom is 0.371 e. The predicted molar refractivity (Wildman–Crippen MR) is 75.2 cm³/mol. The van der Waals surface area contributed by atoms with E-state index in [0.29, 0.717) is 12.3 Å². The minimum absolute atomic E-state index is 0.0514. The first-order valence-corrected chi connectivity index (χ1v) is 6.38. The Morgan fingerprint density at radius 2 is 2.10 bits per heavy atom. The fourth-order valence-corrected chi connectivity index (χ4v) is 2.06. The van der Waals surface area contributed by atoms with E-state index in [0.717, 1.165) is 17.8 Å². The monoisotopic (exact) mass is 275 g/mol. The van der Waals surface area contributed by atoms with Gasteiger partial charge in [0.05, 0.1) is 0 Å². The number of hydrogen-bond donors (Lipinski definition) is 2. The van der Waals surface area contributed by atoms with Crippen LogP contribution in [0, 0.1) is 6.92 Å². The van der Waals surface area contributed by atoms with E-state index in [2.05, 4.69) is 0 Å². The summed E-state index contributed by atoms with van der Waals surface area (Å²) in [4.78, 5) is 12.9. The minimum Gasteiger partial charge on any atom is -0.508 e. The van der Waals surface area contributed by atoms with Crippen LogP contribution >= 0.6 is 0 Å². The second-order valence-electron chi connectivity index (χ2n) is 4.53. The highest BCUT2D eigenvalue weighted by Gasteiger charge is 2.15. The molecule has 106 valence electrons. The fraction of sp³-hybridized carbons (Fsp3) is 0.267. The number of nitrogens with zero attached hydrogens (tertiary/aromatic N) is 1. The molecule has 1 heterocycles. The molecule has 0 aliphatic heterocycles. The van der Waals surface area contributed by atoms with Crippen molar-refractivity contribution < 1.29 is 19.4 Å². The largest absolute Gasteiger partial charge is 0.508 e. The maximum atomic E-state index is 10.9. The van der Waals surface area contributed by atoms with Gasteiger partial charge in [0.1, 0.15) is 11.5 Å². The number of aromatic carboxylic acids is 1. The number of furan rings is 1. The first kappa shape index (κ1) is 14.0. The lowest BCUT2D eigenvalue weighted by Crippen LogP contribution is -2.21. The summed E-state index contributed by atoms with van der Waals surface area (Å²) in [6, 6.07) is 8.51. The third-order valence-corrected chi connectivity index (χ3v) is 3.17. The summed E-state index contributed by atoms with van der Waals surface area (Å²) in [6.45, 7) is 5.01. The van der Waals surface area contributed by atoms with Crippen LogP contribution < -0.4 is 4.90 Å². The molecule has 5 nitrogen and oxygen atoms in total. The number of phenols is 1. The van der Waals surface area contributed by atoms with Crippen molar-refractivity contribution in [2.24, 2.45) is 0 Å². The third kappa shape index (κ3) is 2.93. The quantitative estimate of drug-likeness (QED) is 0.877. The number of phenolic OH excluding ortho intramolecular Hbond substituents is 1. The van der Waals surface area contributed by atoms with Gasteiger partial charge in [-0.25, -0.2) is 4.79 Å². The molecule has 2 rings (SSSR count). The van der Waals surface area contributed by atoms with E-state index >= 15 is 0 Å². The van der Waals surface area contributed by atoms with Crippen molar-refractivity contribution in [3.63, 3.8) is 0 Å². The van der Waals surface area contributed by atoms with Crippen molar-refractivity contribution in [3.05, 3.63) is 47.4 Å². The molecule has 0 atom stereocenters. The van der Waals surface area contributed by atoms with Crippen LogP contribution in [0.5, 0.6) is 5.75 Å². The number of aromatic hydroxyl groups is 1. The SMILES string of the molecule is CCN(Cc1cc(C(=O)O)oc1C)c1cccc(O)c1. The molecule has 20 heavy (non-hydrogen) atoms. The van der Waals surface area contributed by atoms with E-state index in [1.807, 2.05) is 17.9 Å². The summed E-state index contributed by atoms with van der Waals surface area (Å²) in [5, 5.41) is 18.5. The highest BCUT2D eigenvalue weighted by molar-refractivity contribution is 5.84. The molecular weight excluding hydrogens is 258 g/mol. The number of carbonyl (C=O) groups is 1. The van der Waals surface area contributed by atoms with Gasteiger partial charge in [-0.1, -0.05) is 6.07 Å². The summed E-state index contributed by atoms with van der Waals surface area (Å²) in [6.07, 6.45) is 0. The number of anilines is 1. The Bertz CT molecular complexity index is 618. The molecule has 1 aromatic carbocycles. The first-order valence-electron chi connectivity index (χ1n) is 6.38. The Morgan fingerprint density at radius 1 is 1.35 bits per heavy atom. The number of rotatable bonds is 5. The van der Waals surface area contributed by atoms with Crippen molar-refractivity contribution in [3.8, 4) is 5.75 Å². The second-order valence-corrected chi connectivity index (χ2v) is 4.53. The van der Waals surface area contributed by atoms with Crippen molar-refractivity contribution in [2.45, 2.75) is 20.4 Å². The molecule has 0 saturated heterocycles. The second kappa shape index (κ2) is 5.69. The van der Waals surface area contributed by atoms with Gasteiger partial charge in [-0.15, -0.1) is 0 Å². The summed E-state index contributed by atoms with van der Waals surface area (Å²) in [7, 11) is 0. The zero-order valence-electron chi connectivity index (χ0n) is 11.5. The van der Waals surface area contributed by atoms with Gasteiger partial charge in [-0.05, 0) is 32.0 Å². The number of carboxylic acid groups (broad SMARTS) is 1. The van der Waals surface area contributed by atoms with Crippen molar-refractivity contribution in [1.29, 1.82) is 0 Å². The number of benzene rings is 1. The number of aryl methyl sites for hydroxylation is 1. The van der Waals surface area contributed by atoms with Crippen LogP contribution in [0.3, 0.4) is 0 Å². The van der Waals surface area contributed by atoms with Crippen LogP contribution in [0.2, 0.25) is 0 Å². The molecule has 0 aliphatic rings. The molecule has 0 fully saturated rings. The third-order valence-electron chi connectivity index (χ3n) is 3.17. The van der Waals surface area contributed by atoms with E-state index in [1.165, 1.54) is 0 Å². The minimum atomic E-state index is -1.07. The molecule has 0 amide bonds. The van der Waals surface area contributed by atoms with Gasteiger partial charge in [0, 0.05) is 30.4 Å². The average molecular weight is 275 g/mol. The molecule has 0 aliphatic carbocycles. The van der Waals surface area contributed by atoms with Crippen molar-refractivity contribution in [2.75, 3.05) is 11.4 Å². The molecule has 0 radical (unpaired) electrons. The first-order chi connectivity index (χ1) is 9.51. The molecule has 2 aromatic rings. The molecule has 0 bridgehead atoms. The zero-order chi connectivity index (χ0) is 14.7. The van der Waals surface area contributed by atoms with Crippen LogP contribution in [0.25, 0.3) is 0 Å². The van der Waals surface area contributed by atoms with E-state index < -0.39 is 5.97 Å². The highest BCUT2D eigenvalue weighted by Crippen LogP contribution is 2.24. The fourth-order valence-electron chi connectivity index (χ4n) is 2.06. The van der Waals surface area contributed by atoms with Crippen LogP contribution in [0.15, 0.2) is 34.7 Å². The molecule has 0 spiro atoms. The summed E-state index contributed by atoms with van der Waals surface area (Å²) in [5.74, 6) is -0.318. The van der Waals surface area contributed by atoms with Gasteiger partial charge in [0.25, 0.3) is 0 Å². The van der Waals surface area contributed by atoms with Crippen LogP contribution in [0.1, 0.15) is 28.8 Å². The Morgan fingerprint density at radius 3 is 2.65 bits per heavy atom. The highest BCUT2D eigenvalue weighted by atomic mass is 16.4. The summed E-state index contributed by atoms with van der Waals surface area (Å²) < 4.78 is 5.21. The standard InChI is InChI=1S/C15H17NO4/c1-3-16(12-5-4-6-13(17)8-12)9-11-7-14(15(18)19)20-10(11)2/h4-8,17H,3,9H2,1-2H3,(H,18,19). The number of hydrogen-bond acceptors (Lipinski definition) is 4. The van der Waals surface area contributed by atoms with Crippen LogP contribution in [0.4, 0.5) is 5.69 Å². The molecule has 5 heteroatoms. The molecule has 1 aromatic heterocycles. The lowest BCUT2D eigenvalue weighted by Gasteiger charge is -2.22. The van der Waals surface area contributed by atoms with Gasteiger partial charge in [0.2, 0.25) is 5.76 Å². The average Bonchev–Trinajstić information content (AvgIpc) is 2.77. The van der Waals surface area contributed by atoms with Crippen LogP contribution in [-0.4, -0.2) is 22.7 Å². The number of carboxylic acids is 1. The van der Waals surface area contributed by atoms with Crippen LogP contribution in [-0.2, 0) is 6.54 Å². The molecule has 0 saturated carbocycles. The smallest absolute Gasteiger partial charge is 0.371 e. The maximum absolute atomic E-state index is 10.9. The van der Waals surface area contributed by atoms with Gasteiger partial charge >= 0.3 is 5.97 Å². The van der Waals surface area contributed by atoms with Gasteiger partial charge < -0.3 is 19.5 Å². The lowest BCUT2D eigenvalue weighted by atomic mass is 10.2. The Labute approximate surface area is 117 Å². The summed E-state index contributed by atoms with van der Waals surface area (Å²) >= 11 is 0. The Balaban J connectivity index is 2.24. The van der Waals surface area contributed by atoms with E-state index in [1.54, 1.807) is 31.2 Å². The topological polar surface area (TPSA) is 73.9 Å². The van der Waals surface area contributed by atoms with Gasteiger partial charge in [-0.2, -0.15) is 0 Å². The lowest BCUT2D eigenvalue weighted by molar-refractivity contribution is 0.0661. The Kier molecular flexibility index (Phi) is 3.98. The van der Waals surface area contributed by atoms with E-state index in [9.17, 15) is 9.90 Å². The predicted octanol–water partition coefficient (Wildman–Crippen LogP) is 3.02.